The molecule has 3 aliphatic heterocycles. The van der Waals surface area contributed by atoms with E-state index in [1.54, 1.807) is 0 Å². The Kier molecular flexibility index (Phi) is 7.16. The van der Waals surface area contributed by atoms with Crippen LogP contribution in [0.3, 0.4) is 0 Å². The predicted molar refractivity (Wildman–Crippen MR) is 137 cm³/mol. The summed E-state index contributed by atoms with van der Waals surface area (Å²) in [6.07, 6.45) is 1.40. The normalized spacial score (nSPS) is 25.0. The van der Waals surface area contributed by atoms with Gasteiger partial charge in [-0.3, -0.25) is 0 Å². The first kappa shape index (κ1) is 26.9. The SMILES string of the molecule is CN1C2CCC1CC(Nc1nc(Nc3ccc(N4CCN(S(C)(=O)=O)CC4)c(C(F)(F)F)c3)ncc1F)C2. The smallest absolute Gasteiger partial charge is 0.368 e. The van der Waals surface area contributed by atoms with E-state index in [0.717, 1.165) is 44.2 Å². The van der Waals surface area contributed by atoms with E-state index in [-0.39, 0.29) is 55.4 Å². The van der Waals surface area contributed by atoms with E-state index in [1.165, 1.54) is 21.3 Å². The van der Waals surface area contributed by atoms with Crippen molar-refractivity contribution in [1.82, 2.24) is 19.2 Å². The summed E-state index contributed by atoms with van der Waals surface area (Å²) in [4.78, 5) is 12.0. The first-order chi connectivity index (χ1) is 17.9. The molecule has 0 saturated carbocycles. The van der Waals surface area contributed by atoms with E-state index in [4.69, 9.17) is 0 Å². The molecule has 5 rings (SSSR count). The van der Waals surface area contributed by atoms with Crippen LogP contribution in [0.25, 0.3) is 0 Å². The second kappa shape index (κ2) is 10.1. The summed E-state index contributed by atoms with van der Waals surface area (Å²) in [6.45, 7) is 0.484. The van der Waals surface area contributed by atoms with E-state index < -0.39 is 27.6 Å². The molecule has 9 nitrogen and oxygen atoms in total. The quantitative estimate of drug-likeness (QED) is 0.522. The maximum Gasteiger partial charge on any atom is 0.418 e. The molecule has 0 radical (unpaired) electrons. The van der Waals surface area contributed by atoms with Crippen LogP contribution in [0.2, 0.25) is 0 Å². The number of benzene rings is 1. The summed E-state index contributed by atoms with van der Waals surface area (Å²) < 4.78 is 81.3. The molecule has 2 bridgehead atoms. The van der Waals surface area contributed by atoms with Gasteiger partial charge in [0.2, 0.25) is 16.0 Å². The van der Waals surface area contributed by atoms with Crippen molar-refractivity contribution in [3.63, 3.8) is 0 Å². The minimum Gasteiger partial charge on any atom is -0.368 e. The molecular weight excluding hydrogens is 526 g/mol. The highest BCUT2D eigenvalue weighted by Gasteiger charge is 2.39. The summed E-state index contributed by atoms with van der Waals surface area (Å²) >= 11 is 0. The van der Waals surface area contributed by atoms with Crippen LogP contribution in [0.15, 0.2) is 24.4 Å². The van der Waals surface area contributed by atoms with Crippen LogP contribution in [0.4, 0.5) is 40.7 Å². The van der Waals surface area contributed by atoms with Crippen molar-refractivity contribution in [2.45, 2.75) is 50.0 Å². The Morgan fingerprint density at radius 3 is 2.32 bits per heavy atom. The van der Waals surface area contributed by atoms with Gasteiger partial charge in [0, 0.05) is 55.7 Å². The first-order valence-electron chi connectivity index (χ1n) is 12.6. The maximum absolute atomic E-state index is 14.5. The van der Waals surface area contributed by atoms with Gasteiger partial charge in [0.15, 0.2) is 11.6 Å². The van der Waals surface area contributed by atoms with Crippen molar-refractivity contribution in [2.75, 3.05) is 55.0 Å². The van der Waals surface area contributed by atoms with Crippen molar-refractivity contribution in [3.8, 4) is 0 Å². The number of hydrogen-bond donors (Lipinski definition) is 2. The molecule has 14 heteroatoms. The Balaban J connectivity index is 1.32. The van der Waals surface area contributed by atoms with Crippen LogP contribution in [-0.2, 0) is 16.2 Å². The average Bonchev–Trinajstić information content (AvgIpc) is 3.05. The van der Waals surface area contributed by atoms with Gasteiger partial charge in [0.05, 0.1) is 18.0 Å². The van der Waals surface area contributed by atoms with Gasteiger partial charge < -0.3 is 20.4 Å². The summed E-state index contributed by atoms with van der Waals surface area (Å²) in [6, 6.07) is 4.73. The molecule has 1 aromatic carbocycles. The molecular formula is C24H31F4N7O2S. The number of aromatic nitrogens is 2. The van der Waals surface area contributed by atoms with Gasteiger partial charge in [-0.25, -0.2) is 17.8 Å². The number of halogens is 4. The molecule has 208 valence electrons. The number of fused-ring (bicyclic) bond motifs is 2. The van der Waals surface area contributed by atoms with Crippen molar-refractivity contribution in [1.29, 1.82) is 0 Å². The molecule has 0 amide bonds. The van der Waals surface area contributed by atoms with E-state index in [0.29, 0.717) is 12.1 Å². The maximum atomic E-state index is 14.5. The summed E-state index contributed by atoms with van der Waals surface area (Å²) in [5, 5.41) is 5.94. The third-order valence-electron chi connectivity index (χ3n) is 7.79. The van der Waals surface area contributed by atoms with E-state index in [1.807, 2.05) is 0 Å². The number of hydrogen-bond acceptors (Lipinski definition) is 8. The minimum atomic E-state index is -4.65. The molecule has 4 heterocycles. The van der Waals surface area contributed by atoms with Crippen LogP contribution in [0, 0.1) is 5.82 Å². The third kappa shape index (κ3) is 5.66. The van der Waals surface area contributed by atoms with Crippen molar-refractivity contribution >= 4 is 33.2 Å². The van der Waals surface area contributed by atoms with Gasteiger partial charge in [-0.05, 0) is 50.9 Å². The fraction of sp³-hybridized carbons (Fsp3) is 0.583. The molecule has 2 atom stereocenters. The zero-order valence-electron chi connectivity index (χ0n) is 21.2. The largest absolute Gasteiger partial charge is 0.418 e. The monoisotopic (exact) mass is 557 g/mol. The lowest BCUT2D eigenvalue weighted by Crippen LogP contribution is -2.48. The molecule has 1 aromatic heterocycles. The summed E-state index contributed by atoms with van der Waals surface area (Å²) in [5.41, 5.74) is -0.793. The Labute approximate surface area is 219 Å². The number of anilines is 4. The fourth-order valence-corrected chi connectivity index (χ4v) is 6.58. The van der Waals surface area contributed by atoms with Crippen molar-refractivity contribution < 1.29 is 26.0 Å². The Bertz CT molecular complexity index is 1270. The van der Waals surface area contributed by atoms with Crippen LogP contribution >= 0.6 is 0 Å². The molecule has 3 fully saturated rings. The second-order valence-electron chi connectivity index (χ2n) is 10.3. The molecule has 0 spiro atoms. The van der Waals surface area contributed by atoms with Crippen LogP contribution in [0.5, 0.6) is 0 Å². The van der Waals surface area contributed by atoms with Crippen molar-refractivity contribution in [3.05, 3.63) is 35.8 Å². The molecule has 3 saturated heterocycles. The standard InChI is InChI=1S/C24H31F4N7O2S/c1-33-17-4-5-18(33)12-16(11-17)30-22-20(25)14-29-23(32-22)31-15-3-6-21(19(13-15)24(26,27)28)34-7-9-35(10-8-34)38(2,36)37/h3,6,13-14,16-18H,4-5,7-12H2,1-2H3,(H2,29,30,31,32). The number of rotatable bonds is 6. The van der Waals surface area contributed by atoms with Gasteiger partial charge >= 0.3 is 6.18 Å². The fourth-order valence-electron chi connectivity index (χ4n) is 5.76. The van der Waals surface area contributed by atoms with Crippen LogP contribution in [-0.4, -0.2) is 85.2 Å². The Morgan fingerprint density at radius 2 is 1.71 bits per heavy atom. The predicted octanol–water partition coefficient (Wildman–Crippen LogP) is 3.50. The lowest BCUT2D eigenvalue weighted by molar-refractivity contribution is -0.137. The van der Waals surface area contributed by atoms with Gasteiger partial charge in [0.25, 0.3) is 0 Å². The van der Waals surface area contributed by atoms with Gasteiger partial charge in [0.1, 0.15) is 0 Å². The van der Waals surface area contributed by atoms with Gasteiger partial charge in [-0.15, -0.1) is 0 Å². The minimum absolute atomic E-state index is 0.0209. The number of nitrogens with zero attached hydrogens (tertiary/aromatic N) is 5. The molecule has 2 N–H and O–H groups in total. The highest BCUT2D eigenvalue weighted by Crippen LogP contribution is 2.39. The second-order valence-corrected chi connectivity index (χ2v) is 12.2. The van der Waals surface area contributed by atoms with Gasteiger partial charge in [-0.2, -0.15) is 22.5 Å². The van der Waals surface area contributed by atoms with Crippen molar-refractivity contribution in [2.24, 2.45) is 0 Å². The molecule has 2 unspecified atom stereocenters. The zero-order chi connectivity index (χ0) is 27.2. The first-order valence-corrected chi connectivity index (χ1v) is 14.4. The topological polar surface area (TPSA) is 93.7 Å². The highest BCUT2D eigenvalue weighted by atomic mass is 32.2. The number of nitrogens with one attached hydrogen (secondary N) is 2. The molecule has 38 heavy (non-hydrogen) atoms. The number of piperazine rings is 1. The van der Waals surface area contributed by atoms with Crippen LogP contribution in [0.1, 0.15) is 31.2 Å². The molecule has 3 aliphatic rings. The number of piperidine rings is 1. The van der Waals surface area contributed by atoms with E-state index in [2.05, 4.69) is 32.5 Å². The molecule has 2 aromatic rings. The Hall–Kier alpha value is -2.71. The highest BCUT2D eigenvalue weighted by molar-refractivity contribution is 7.88. The van der Waals surface area contributed by atoms with Gasteiger partial charge in [-0.1, -0.05) is 0 Å². The van der Waals surface area contributed by atoms with E-state index >= 15 is 0 Å². The third-order valence-corrected chi connectivity index (χ3v) is 9.09. The zero-order valence-corrected chi connectivity index (χ0v) is 22.0. The van der Waals surface area contributed by atoms with E-state index in [9.17, 15) is 26.0 Å². The summed E-state index contributed by atoms with van der Waals surface area (Å²) in [5.74, 6) is -0.623. The summed E-state index contributed by atoms with van der Waals surface area (Å²) in [7, 11) is -1.29. The number of alkyl halides is 3. The molecule has 0 aliphatic carbocycles. The van der Waals surface area contributed by atoms with Crippen LogP contribution < -0.4 is 15.5 Å². The lowest BCUT2D eigenvalue weighted by Gasteiger charge is -2.36. The average molecular weight is 558 g/mol. The number of sulfonamides is 1. The Morgan fingerprint density at radius 1 is 1.05 bits per heavy atom. The lowest BCUT2D eigenvalue weighted by atomic mass is 9.98.